The van der Waals surface area contributed by atoms with Gasteiger partial charge in [0.15, 0.2) is 0 Å². The Balaban J connectivity index is 1.49. The maximum atomic E-state index is 12.2. The van der Waals surface area contributed by atoms with E-state index in [0.29, 0.717) is 19.5 Å². The van der Waals surface area contributed by atoms with E-state index >= 15 is 0 Å². The fraction of sp³-hybridized carbons (Fsp3) is 0.556. The first-order valence-corrected chi connectivity index (χ1v) is 8.57. The maximum Gasteiger partial charge on any atom is 0.223 e. The van der Waals surface area contributed by atoms with Crippen LogP contribution in [0.2, 0.25) is 0 Å². The van der Waals surface area contributed by atoms with Crippen molar-refractivity contribution in [2.45, 2.75) is 19.4 Å². The standard InChI is InChI=1S/C18H25N3O3/c1-20-7-6-15(12-17(20)22)18(23)19-13-14-2-4-16(5-3-14)21-8-10-24-11-9-21/h2-5,15H,6-13H2,1H3,(H,19,23)/t15-/m0/s1. The first-order valence-electron chi connectivity index (χ1n) is 8.57. The molecule has 130 valence electrons. The topological polar surface area (TPSA) is 61.9 Å². The van der Waals surface area contributed by atoms with Crippen molar-refractivity contribution < 1.29 is 14.3 Å². The molecule has 0 unspecified atom stereocenters. The van der Waals surface area contributed by atoms with Gasteiger partial charge in [0.2, 0.25) is 11.8 Å². The Morgan fingerprint density at radius 2 is 1.92 bits per heavy atom. The number of benzene rings is 1. The molecule has 2 saturated heterocycles. The van der Waals surface area contributed by atoms with Crippen molar-refractivity contribution in [2.75, 3.05) is 44.8 Å². The van der Waals surface area contributed by atoms with E-state index in [-0.39, 0.29) is 17.7 Å². The van der Waals surface area contributed by atoms with Crippen LogP contribution in [0.1, 0.15) is 18.4 Å². The number of rotatable bonds is 4. The molecular weight excluding hydrogens is 306 g/mol. The molecule has 0 bridgehead atoms. The van der Waals surface area contributed by atoms with Crippen LogP contribution in [-0.4, -0.2) is 56.6 Å². The number of anilines is 1. The number of hydrogen-bond donors (Lipinski definition) is 1. The van der Waals surface area contributed by atoms with Crippen LogP contribution in [0.4, 0.5) is 5.69 Å². The highest BCUT2D eigenvalue weighted by atomic mass is 16.5. The number of carbonyl (C=O) groups is 2. The first-order chi connectivity index (χ1) is 11.6. The summed E-state index contributed by atoms with van der Waals surface area (Å²) in [5, 5.41) is 2.96. The third-order valence-electron chi connectivity index (χ3n) is 4.81. The van der Waals surface area contributed by atoms with E-state index in [2.05, 4.69) is 22.3 Å². The molecule has 1 aromatic carbocycles. The summed E-state index contributed by atoms with van der Waals surface area (Å²) in [7, 11) is 1.78. The van der Waals surface area contributed by atoms with E-state index in [1.54, 1.807) is 11.9 Å². The van der Waals surface area contributed by atoms with Crippen LogP contribution < -0.4 is 10.2 Å². The summed E-state index contributed by atoms with van der Waals surface area (Å²) in [6.45, 7) is 4.54. The van der Waals surface area contributed by atoms with Crippen molar-refractivity contribution >= 4 is 17.5 Å². The van der Waals surface area contributed by atoms with Gasteiger partial charge in [-0.05, 0) is 24.1 Å². The SMILES string of the molecule is CN1CC[C@H](C(=O)NCc2ccc(N3CCOCC3)cc2)CC1=O. The number of hydrogen-bond acceptors (Lipinski definition) is 4. The van der Waals surface area contributed by atoms with Crippen LogP contribution >= 0.6 is 0 Å². The molecule has 0 spiro atoms. The third kappa shape index (κ3) is 4.06. The smallest absolute Gasteiger partial charge is 0.223 e. The quantitative estimate of drug-likeness (QED) is 0.894. The minimum Gasteiger partial charge on any atom is -0.378 e. The van der Waals surface area contributed by atoms with E-state index in [9.17, 15) is 9.59 Å². The summed E-state index contributed by atoms with van der Waals surface area (Å²) in [5.41, 5.74) is 2.26. The van der Waals surface area contributed by atoms with Crippen molar-refractivity contribution in [2.24, 2.45) is 5.92 Å². The molecule has 2 aliphatic rings. The molecule has 0 aliphatic carbocycles. The Kier molecular flexibility index (Phi) is 5.35. The molecule has 2 fully saturated rings. The number of piperidine rings is 1. The van der Waals surface area contributed by atoms with Crippen molar-refractivity contribution in [1.29, 1.82) is 0 Å². The highest BCUT2D eigenvalue weighted by Gasteiger charge is 2.28. The first kappa shape index (κ1) is 16.8. The molecule has 6 nitrogen and oxygen atoms in total. The third-order valence-corrected chi connectivity index (χ3v) is 4.81. The van der Waals surface area contributed by atoms with Gasteiger partial charge in [-0.1, -0.05) is 12.1 Å². The molecule has 1 aromatic rings. The second-order valence-corrected chi connectivity index (χ2v) is 6.49. The van der Waals surface area contributed by atoms with Crippen LogP contribution in [0, 0.1) is 5.92 Å². The van der Waals surface area contributed by atoms with E-state index < -0.39 is 0 Å². The van der Waals surface area contributed by atoms with E-state index in [4.69, 9.17) is 4.74 Å². The van der Waals surface area contributed by atoms with Gasteiger partial charge >= 0.3 is 0 Å². The highest BCUT2D eigenvalue weighted by molar-refractivity contribution is 5.86. The fourth-order valence-electron chi connectivity index (χ4n) is 3.15. The number of nitrogens with zero attached hydrogens (tertiary/aromatic N) is 2. The molecular formula is C18H25N3O3. The van der Waals surface area contributed by atoms with E-state index in [1.807, 2.05) is 12.1 Å². The van der Waals surface area contributed by atoms with Gasteiger partial charge in [-0.3, -0.25) is 9.59 Å². The maximum absolute atomic E-state index is 12.2. The minimum atomic E-state index is -0.193. The lowest BCUT2D eigenvalue weighted by Gasteiger charge is -2.29. The lowest BCUT2D eigenvalue weighted by Crippen LogP contribution is -2.41. The summed E-state index contributed by atoms with van der Waals surface area (Å²) < 4.78 is 5.37. The van der Waals surface area contributed by atoms with Crippen LogP contribution in [0.15, 0.2) is 24.3 Å². The Bertz CT molecular complexity index is 582. The monoisotopic (exact) mass is 331 g/mol. The fourth-order valence-corrected chi connectivity index (χ4v) is 3.15. The second-order valence-electron chi connectivity index (χ2n) is 6.49. The molecule has 6 heteroatoms. The summed E-state index contributed by atoms with van der Waals surface area (Å²) >= 11 is 0. The number of likely N-dealkylation sites (tertiary alicyclic amines) is 1. The molecule has 1 atom stereocenters. The van der Waals surface area contributed by atoms with Crippen molar-refractivity contribution in [3.05, 3.63) is 29.8 Å². The number of carbonyl (C=O) groups excluding carboxylic acids is 2. The number of morpholine rings is 1. The van der Waals surface area contributed by atoms with Crippen LogP contribution in [0.25, 0.3) is 0 Å². The molecule has 0 radical (unpaired) electrons. The molecule has 0 aromatic heterocycles. The van der Waals surface area contributed by atoms with Gasteiger partial charge in [-0.25, -0.2) is 0 Å². The largest absolute Gasteiger partial charge is 0.378 e. The molecule has 0 saturated carbocycles. The van der Waals surface area contributed by atoms with Gasteiger partial charge in [0.25, 0.3) is 0 Å². The Labute approximate surface area is 142 Å². The highest BCUT2D eigenvalue weighted by Crippen LogP contribution is 2.19. The number of amides is 2. The lowest BCUT2D eigenvalue weighted by molar-refractivity contribution is -0.139. The van der Waals surface area contributed by atoms with E-state index in [0.717, 1.165) is 38.3 Å². The summed E-state index contributed by atoms with van der Waals surface area (Å²) in [6, 6.07) is 8.27. The zero-order chi connectivity index (χ0) is 16.9. The van der Waals surface area contributed by atoms with Crippen LogP contribution in [0.3, 0.4) is 0 Å². The summed E-state index contributed by atoms with van der Waals surface area (Å²) in [4.78, 5) is 27.9. The molecule has 3 rings (SSSR count). The zero-order valence-electron chi connectivity index (χ0n) is 14.2. The van der Waals surface area contributed by atoms with Crippen molar-refractivity contribution in [3.8, 4) is 0 Å². The molecule has 2 heterocycles. The summed E-state index contributed by atoms with van der Waals surface area (Å²) in [6.07, 6.45) is 1.06. The lowest BCUT2D eigenvalue weighted by atomic mass is 9.95. The zero-order valence-corrected chi connectivity index (χ0v) is 14.2. The molecule has 2 aliphatic heterocycles. The van der Waals surface area contributed by atoms with Gasteiger partial charge in [0.05, 0.1) is 13.2 Å². The van der Waals surface area contributed by atoms with Gasteiger partial charge in [-0.2, -0.15) is 0 Å². The molecule has 24 heavy (non-hydrogen) atoms. The Morgan fingerprint density at radius 1 is 1.21 bits per heavy atom. The second kappa shape index (κ2) is 7.66. The van der Waals surface area contributed by atoms with Gasteiger partial charge in [-0.15, -0.1) is 0 Å². The van der Waals surface area contributed by atoms with Gasteiger partial charge in [0.1, 0.15) is 0 Å². The average Bonchev–Trinajstić information content (AvgIpc) is 2.63. The number of nitrogens with one attached hydrogen (secondary N) is 1. The number of ether oxygens (including phenoxy) is 1. The van der Waals surface area contributed by atoms with Crippen LogP contribution in [0.5, 0.6) is 0 Å². The van der Waals surface area contributed by atoms with Crippen molar-refractivity contribution in [3.63, 3.8) is 0 Å². The predicted octanol–water partition coefficient (Wildman–Crippen LogP) is 1.01. The summed E-state index contributed by atoms with van der Waals surface area (Å²) in [5.74, 6) is -0.161. The average molecular weight is 331 g/mol. The predicted molar refractivity (Wildman–Crippen MR) is 91.7 cm³/mol. The van der Waals surface area contributed by atoms with Crippen molar-refractivity contribution in [1.82, 2.24) is 10.2 Å². The Morgan fingerprint density at radius 3 is 2.58 bits per heavy atom. The van der Waals surface area contributed by atoms with Gasteiger partial charge < -0.3 is 19.9 Å². The molecule has 1 N–H and O–H groups in total. The minimum absolute atomic E-state index is 0.0197. The molecule has 2 amide bonds. The normalized spacial score (nSPS) is 21.7. The van der Waals surface area contributed by atoms with Crippen LogP contribution in [-0.2, 0) is 20.9 Å². The van der Waals surface area contributed by atoms with E-state index in [1.165, 1.54) is 5.69 Å². The Hall–Kier alpha value is -2.08. The van der Waals surface area contributed by atoms with Gasteiger partial charge in [0, 0.05) is 51.3 Å².